The summed E-state index contributed by atoms with van der Waals surface area (Å²) in [5, 5.41) is 0. The van der Waals surface area contributed by atoms with Gasteiger partial charge in [0.25, 0.3) is 0 Å². The predicted molar refractivity (Wildman–Crippen MR) is 28.6 cm³/mol. The minimum atomic E-state index is 0.718. The van der Waals surface area contributed by atoms with Crippen molar-refractivity contribution < 1.29 is 0 Å². The maximum Gasteiger partial charge on any atom is 0.125 e. The van der Waals surface area contributed by atoms with E-state index < -0.39 is 0 Å². The molecule has 0 aliphatic heterocycles. The van der Waals surface area contributed by atoms with Crippen LogP contribution in [0.25, 0.3) is 0 Å². The third-order valence-electron chi connectivity index (χ3n) is 0.485. The van der Waals surface area contributed by atoms with Crippen LogP contribution in [0.15, 0.2) is 17.0 Å². The van der Waals surface area contributed by atoms with E-state index in [1.807, 2.05) is 0 Å². The van der Waals surface area contributed by atoms with E-state index in [-0.39, 0.29) is 0 Å². The van der Waals surface area contributed by atoms with Crippen LogP contribution in [0.2, 0.25) is 0 Å². The predicted octanol–water partition coefficient (Wildman–Crippen LogP) is 1.04. The normalized spacial score (nSPS) is 8.71. The molecule has 1 rings (SSSR count). The molecule has 0 N–H and O–H groups in total. The van der Waals surface area contributed by atoms with Crippen molar-refractivity contribution in [2.24, 2.45) is 0 Å². The van der Waals surface area contributed by atoms with Crippen LogP contribution in [0.5, 0.6) is 0 Å². The van der Waals surface area contributed by atoms with E-state index >= 15 is 0 Å². The molecule has 7 heavy (non-hydrogen) atoms. The van der Waals surface area contributed by atoms with Gasteiger partial charge >= 0.3 is 0 Å². The van der Waals surface area contributed by atoms with Crippen molar-refractivity contribution in [3.8, 4) is 0 Å². The molecule has 0 bridgehead atoms. The fourth-order valence-corrected chi connectivity index (χ4v) is 0.472. The highest BCUT2D eigenvalue weighted by atomic mass is 79.9. The minimum absolute atomic E-state index is 0.718. The van der Waals surface area contributed by atoms with Crippen molar-refractivity contribution in [1.82, 2.24) is 9.97 Å². The Morgan fingerprint density at radius 3 is 2.86 bits per heavy atom. The number of rotatable bonds is 0. The van der Waals surface area contributed by atoms with Crippen LogP contribution >= 0.6 is 15.9 Å². The summed E-state index contributed by atoms with van der Waals surface area (Å²) < 4.78 is 0.718. The monoisotopic (exact) mass is 157 g/mol. The molecule has 0 fully saturated rings. The van der Waals surface area contributed by atoms with Crippen LogP contribution in [0.3, 0.4) is 0 Å². The fourth-order valence-electron chi connectivity index (χ4n) is 0.252. The zero-order valence-corrected chi connectivity index (χ0v) is 5.01. The molecule has 0 unspecified atom stereocenters. The Morgan fingerprint density at radius 2 is 2.57 bits per heavy atom. The summed E-state index contributed by atoms with van der Waals surface area (Å²) in [5.41, 5.74) is 0. The summed E-state index contributed by atoms with van der Waals surface area (Å²) in [5.74, 6) is 0. The van der Waals surface area contributed by atoms with Gasteiger partial charge in [0.1, 0.15) is 10.8 Å². The molecule has 0 amide bonds. The largest absolute Gasteiger partial charge is 0.260 e. The van der Waals surface area contributed by atoms with Crippen molar-refractivity contribution in [2.75, 3.05) is 0 Å². The van der Waals surface area contributed by atoms with Gasteiger partial charge in [-0.2, -0.15) is 0 Å². The van der Waals surface area contributed by atoms with Crippen LogP contribution in [0.1, 0.15) is 0 Å². The highest BCUT2D eigenvalue weighted by Gasteiger charge is 1.78. The molecular weight excluding hydrogens is 156 g/mol. The van der Waals surface area contributed by atoms with E-state index in [0.717, 1.165) is 4.60 Å². The highest BCUT2D eigenvalue weighted by molar-refractivity contribution is 9.10. The van der Waals surface area contributed by atoms with E-state index in [2.05, 4.69) is 32.1 Å². The van der Waals surface area contributed by atoms with E-state index in [9.17, 15) is 0 Å². The molecule has 1 heterocycles. The Labute approximate surface area is 49.7 Å². The molecule has 0 aromatic carbocycles. The van der Waals surface area contributed by atoms with E-state index in [0.29, 0.717) is 0 Å². The van der Waals surface area contributed by atoms with E-state index in [1.165, 1.54) is 6.20 Å². The summed E-state index contributed by atoms with van der Waals surface area (Å²) >= 11 is 3.11. The molecule has 0 aliphatic carbocycles. The molecule has 0 saturated carbocycles. The van der Waals surface area contributed by atoms with Crippen LogP contribution in [0, 0.1) is 6.20 Å². The van der Waals surface area contributed by atoms with Gasteiger partial charge in [-0.05, 0) is 15.9 Å². The summed E-state index contributed by atoms with van der Waals surface area (Å²) in [6, 6.07) is 0. The first-order valence-electron chi connectivity index (χ1n) is 1.73. The summed E-state index contributed by atoms with van der Waals surface area (Å²) in [4.78, 5) is 7.43. The van der Waals surface area contributed by atoms with E-state index in [4.69, 9.17) is 0 Å². The minimum Gasteiger partial charge on any atom is -0.260 e. The maximum absolute atomic E-state index is 3.72. The Kier molecular flexibility index (Phi) is 1.36. The molecule has 3 heteroatoms. The summed E-state index contributed by atoms with van der Waals surface area (Å²) in [6.07, 6.45) is 5.67. The van der Waals surface area contributed by atoms with Gasteiger partial charge in [-0.3, -0.25) is 4.98 Å². The highest BCUT2D eigenvalue weighted by Crippen LogP contribution is 1.97. The molecule has 1 radical (unpaired) electrons. The Hall–Kier alpha value is -0.440. The molecule has 0 spiro atoms. The Balaban J connectivity index is 3.02. The molecule has 0 saturated heterocycles. The van der Waals surface area contributed by atoms with Crippen LogP contribution in [-0.2, 0) is 0 Å². The lowest BCUT2D eigenvalue weighted by atomic mass is 10.8. The molecular formula is C4H2BrN2. The third kappa shape index (κ3) is 1.23. The van der Waals surface area contributed by atoms with Crippen LogP contribution < -0.4 is 0 Å². The first kappa shape index (κ1) is 4.71. The van der Waals surface area contributed by atoms with Gasteiger partial charge in [-0.1, -0.05) is 0 Å². The first-order chi connectivity index (χ1) is 3.39. The lowest BCUT2D eigenvalue weighted by Crippen LogP contribution is -1.73. The number of aromatic nitrogens is 2. The van der Waals surface area contributed by atoms with E-state index in [1.54, 1.807) is 6.20 Å². The second-order valence-corrected chi connectivity index (χ2v) is 1.78. The first-order valence-corrected chi connectivity index (χ1v) is 2.52. The number of halogens is 1. The van der Waals surface area contributed by atoms with Gasteiger partial charge in [0, 0.05) is 0 Å². The Morgan fingerprint density at radius 1 is 1.71 bits per heavy atom. The number of nitrogens with zero attached hydrogens (tertiary/aromatic N) is 2. The zero-order chi connectivity index (χ0) is 5.11. The van der Waals surface area contributed by atoms with Gasteiger partial charge < -0.3 is 0 Å². The number of hydrogen-bond acceptors (Lipinski definition) is 2. The third-order valence-corrected chi connectivity index (χ3v) is 0.867. The van der Waals surface area contributed by atoms with Crippen LogP contribution in [-0.4, -0.2) is 9.97 Å². The SMILES string of the molecule is Brc1cnc[c]n1. The second-order valence-electron chi connectivity index (χ2n) is 0.971. The second kappa shape index (κ2) is 2.02. The van der Waals surface area contributed by atoms with Crippen LogP contribution in [0.4, 0.5) is 0 Å². The van der Waals surface area contributed by atoms with Gasteiger partial charge in [-0.25, -0.2) is 4.98 Å². The molecule has 0 atom stereocenters. The van der Waals surface area contributed by atoms with Gasteiger partial charge in [0.15, 0.2) is 0 Å². The fraction of sp³-hybridized carbons (Fsp3) is 0. The van der Waals surface area contributed by atoms with Gasteiger partial charge in [0.05, 0.1) is 12.4 Å². The quantitative estimate of drug-likeness (QED) is 0.563. The summed E-state index contributed by atoms with van der Waals surface area (Å²) in [6.45, 7) is 0. The molecule has 35 valence electrons. The molecule has 2 nitrogen and oxygen atoms in total. The smallest absolute Gasteiger partial charge is 0.125 e. The standard InChI is InChI=1S/C4H2BrN2/c5-4-3-6-1-2-7-4/h1,3H. The lowest BCUT2D eigenvalue weighted by Gasteiger charge is -1.78. The maximum atomic E-state index is 3.72. The van der Waals surface area contributed by atoms with Gasteiger partial charge in [-0.15, -0.1) is 0 Å². The molecule has 0 aliphatic rings. The lowest BCUT2D eigenvalue weighted by molar-refractivity contribution is 1.15. The molecule has 1 aromatic heterocycles. The van der Waals surface area contributed by atoms with Crippen molar-refractivity contribution in [1.29, 1.82) is 0 Å². The Bertz CT molecular complexity index is 140. The van der Waals surface area contributed by atoms with Crippen molar-refractivity contribution in [3.05, 3.63) is 23.2 Å². The van der Waals surface area contributed by atoms with Crippen molar-refractivity contribution in [3.63, 3.8) is 0 Å². The number of hydrogen-bond donors (Lipinski definition) is 0. The average Bonchev–Trinajstić information content (AvgIpc) is 1.69. The molecule has 1 aromatic rings. The zero-order valence-electron chi connectivity index (χ0n) is 3.43. The van der Waals surface area contributed by atoms with Crippen molar-refractivity contribution in [2.45, 2.75) is 0 Å². The average molecular weight is 158 g/mol. The topological polar surface area (TPSA) is 25.8 Å². The van der Waals surface area contributed by atoms with Gasteiger partial charge in [0.2, 0.25) is 0 Å². The summed E-state index contributed by atoms with van der Waals surface area (Å²) in [7, 11) is 0. The van der Waals surface area contributed by atoms with Crippen molar-refractivity contribution >= 4 is 15.9 Å².